The second kappa shape index (κ2) is 23.4. The van der Waals surface area contributed by atoms with Gasteiger partial charge < -0.3 is 44.2 Å². The fourth-order valence-corrected chi connectivity index (χ4v) is 8.38. The Bertz CT molecular complexity index is 1360. The van der Waals surface area contributed by atoms with Crippen LogP contribution in [0.1, 0.15) is 97.8 Å². The van der Waals surface area contributed by atoms with Crippen LogP contribution in [0.4, 0.5) is 0 Å². The fourth-order valence-electron chi connectivity index (χ4n) is 5.27. The zero-order valence-electron chi connectivity index (χ0n) is 30.2. The van der Waals surface area contributed by atoms with Crippen LogP contribution in [0.2, 0.25) is 0 Å². The van der Waals surface area contributed by atoms with Gasteiger partial charge in [0.1, 0.15) is 36.8 Å². The Hall–Kier alpha value is -2.73. The molecule has 54 heavy (non-hydrogen) atoms. The Morgan fingerprint density at radius 1 is 0.426 bits per heavy atom. The molecule has 0 heterocycles. The number of aliphatic carboxylic acids is 3. The Labute approximate surface area is 311 Å². The maximum Gasteiger partial charge on any atom is 0.339 e. The molecular formula is C30H51O21P3. The number of carboxylic acid groups (broad SMARTS) is 3. The van der Waals surface area contributed by atoms with Crippen LogP contribution in [0.5, 0.6) is 0 Å². The smallest absolute Gasteiger partial charge is 0.339 e. The summed E-state index contributed by atoms with van der Waals surface area (Å²) in [7, 11) is -16.5. The Kier molecular flexibility index (Phi) is 21.3. The normalized spacial score (nSPS) is 24.6. The van der Waals surface area contributed by atoms with Crippen LogP contribution in [0, 0.1) is 0 Å². The first-order valence-electron chi connectivity index (χ1n) is 17.3. The Balaban J connectivity index is 4.25. The molecule has 1 fully saturated rings. The average molecular weight is 841 g/mol. The summed E-state index contributed by atoms with van der Waals surface area (Å²) in [6.07, 6.45) is -16.7. The quantitative estimate of drug-likeness (QED) is 0.0298. The van der Waals surface area contributed by atoms with Crippen molar-refractivity contribution in [2.75, 3.05) is 18.5 Å². The number of carbonyl (C=O) groups excluding carboxylic acids is 3. The van der Waals surface area contributed by atoms with Crippen molar-refractivity contribution in [3.8, 4) is 0 Å². The van der Waals surface area contributed by atoms with Crippen molar-refractivity contribution in [3.63, 3.8) is 0 Å². The van der Waals surface area contributed by atoms with E-state index in [1.807, 2.05) is 20.8 Å². The van der Waals surface area contributed by atoms with Gasteiger partial charge in [0.2, 0.25) is 0 Å². The van der Waals surface area contributed by atoms with E-state index in [-0.39, 0.29) is 38.5 Å². The highest BCUT2D eigenvalue weighted by molar-refractivity contribution is 7.54. The van der Waals surface area contributed by atoms with Crippen LogP contribution < -0.4 is 0 Å². The molecule has 0 amide bonds. The minimum atomic E-state index is -5.53. The lowest BCUT2D eigenvalue weighted by Crippen LogP contribution is -2.68. The van der Waals surface area contributed by atoms with Gasteiger partial charge in [0.15, 0.2) is 18.3 Å². The van der Waals surface area contributed by atoms with Crippen LogP contribution >= 0.6 is 22.8 Å². The minimum absolute atomic E-state index is 0.210. The minimum Gasteiger partial charge on any atom is -0.481 e. The van der Waals surface area contributed by atoms with Crippen molar-refractivity contribution >= 4 is 58.6 Å². The SMILES string of the molecule is CCCCCC(=O)O[C@@H]1[C@@H](OC(=O)CCCCC)[C@H](OP(=O)(O)CC(=O)O)[C@@H](OP(=O)(O)CC(=O)O)[C@@H](OP(=O)(O)CC(=O)O)[C@H]1OC(=O)CCCCC. The highest BCUT2D eigenvalue weighted by Gasteiger charge is 2.62. The zero-order valence-corrected chi connectivity index (χ0v) is 32.9. The van der Waals surface area contributed by atoms with Crippen molar-refractivity contribution in [3.05, 3.63) is 0 Å². The van der Waals surface area contributed by atoms with Gasteiger partial charge in [0.05, 0.1) is 0 Å². The fraction of sp³-hybridized carbons (Fsp3) is 0.800. The molecule has 0 saturated heterocycles. The number of carbonyl (C=O) groups is 6. The molecule has 0 aliphatic heterocycles. The Morgan fingerprint density at radius 2 is 0.648 bits per heavy atom. The standard InChI is InChI=1S/C30H51O21P3/c1-4-7-10-13-22(37)46-25-26(47-23(38)14-11-8-5-2)28(49-52(40,41)16-19(31)32)30(51-54(44,45)18-21(35)36)29(50-53(42,43)17-20(33)34)27(25)48-24(39)15-12-9-6-3/h25-30H,4-18H2,1-3H3,(H,31,32)(H,33,34)(H,35,36)(H,40,41)(H,42,43)(H,44,45)/t25-,26-,27+,28-,29-,30-/m0/s1. The first kappa shape index (κ1) is 49.3. The molecule has 9 atom stereocenters. The van der Waals surface area contributed by atoms with E-state index < -0.39 is 114 Å². The maximum absolute atomic E-state index is 13.2. The van der Waals surface area contributed by atoms with Crippen molar-refractivity contribution in [1.82, 2.24) is 0 Å². The lowest BCUT2D eigenvalue weighted by atomic mass is 9.84. The molecule has 0 radical (unpaired) electrons. The van der Waals surface area contributed by atoms with Crippen LogP contribution in [0.15, 0.2) is 0 Å². The topological polar surface area (TPSA) is 330 Å². The average Bonchev–Trinajstić information content (AvgIpc) is 3.00. The van der Waals surface area contributed by atoms with E-state index in [9.17, 15) is 72.5 Å². The summed E-state index contributed by atoms with van der Waals surface area (Å²) in [6.45, 7) is 5.43. The van der Waals surface area contributed by atoms with Crippen LogP contribution in [0.25, 0.3) is 0 Å². The number of carboxylic acids is 3. The molecule has 0 spiro atoms. The molecule has 24 heteroatoms. The second-order valence-corrected chi connectivity index (χ2v) is 17.9. The van der Waals surface area contributed by atoms with Gasteiger partial charge in [-0.15, -0.1) is 0 Å². The first-order valence-corrected chi connectivity index (χ1v) is 22.6. The molecule has 1 aliphatic rings. The third-order valence-electron chi connectivity index (χ3n) is 7.56. The Morgan fingerprint density at radius 3 is 0.870 bits per heavy atom. The molecular weight excluding hydrogens is 789 g/mol. The summed E-state index contributed by atoms with van der Waals surface area (Å²) < 4.78 is 71.8. The van der Waals surface area contributed by atoms with Crippen LogP contribution in [0.3, 0.4) is 0 Å². The van der Waals surface area contributed by atoms with E-state index in [0.717, 1.165) is 0 Å². The monoisotopic (exact) mass is 840 g/mol. The third-order valence-corrected chi connectivity index (χ3v) is 11.3. The molecule has 0 aromatic carbocycles. The summed E-state index contributed by atoms with van der Waals surface area (Å²) in [5.74, 6) is -9.08. The number of unbranched alkanes of at least 4 members (excludes halogenated alkanes) is 6. The maximum atomic E-state index is 13.2. The second-order valence-electron chi connectivity index (χ2n) is 12.5. The molecule has 1 aliphatic carbocycles. The van der Waals surface area contributed by atoms with E-state index in [2.05, 4.69) is 0 Å². The summed E-state index contributed by atoms with van der Waals surface area (Å²) in [4.78, 5) is 106. The molecule has 6 N–H and O–H groups in total. The van der Waals surface area contributed by atoms with E-state index in [4.69, 9.17) is 27.8 Å². The van der Waals surface area contributed by atoms with Crippen molar-refractivity contribution in [2.45, 2.75) is 134 Å². The number of hydrogen-bond acceptors (Lipinski definition) is 15. The van der Waals surface area contributed by atoms with Gasteiger partial charge in [0, 0.05) is 19.3 Å². The van der Waals surface area contributed by atoms with Gasteiger partial charge in [-0.1, -0.05) is 59.3 Å². The number of rotatable bonds is 27. The molecule has 312 valence electrons. The zero-order chi connectivity index (χ0) is 41.3. The van der Waals surface area contributed by atoms with Crippen molar-refractivity contribution < 1.29 is 100 Å². The van der Waals surface area contributed by atoms with Gasteiger partial charge in [-0.2, -0.15) is 0 Å². The van der Waals surface area contributed by atoms with E-state index in [1.54, 1.807) is 0 Å². The lowest BCUT2D eigenvalue weighted by Gasteiger charge is -2.48. The predicted molar refractivity (Wildman–Crippen MR) is 184 cm³/mol. The molecule has 0 aromatic rings. The summed E-state index contributed by atoms with van der Waals surface area (Å²) >= 11 is 0. The van der Waals surface area contributed by atoms with Gasteiger partial charge in [0.25, 0.3) is 0 Å². The van der Waals surface area contributed by atoms with Crippen LogP contribution in [-0.2, 0) is 70.2 Å². The third kappa shape index (κ3) is 18.7. The molecule has 1 rings (SSSR count). The van der Waals surface area contributed by atoms with Crippen LogP contribution in [-0.4, -0.2) is 121 Å². The number of hydrogen-bond donors (Lipinski definition) is 6. The van der Waals surface area contributed by atoms with E-state index in [0.29, 0.717) is 38.5 Å². The molecule has 0 aromatic heterocycles. The largest absolute Gasteiger partial charge is 0.481 e. The predicted octanol–water partition coefficient (Wildman–Crippen LogP) is 3.44. The summed E-state index contributed by atoms with van der Waals surface area (Å²) in [6, 6.07) is 0. The highest BCUT2D eigenvalue weighted by atomic mass is 31.2. The van der Waals surface area contributed by atoms with Gasteiger partial charge in [-0.05, 0) is 19.3 Å². The molecule has 1 saturated carbocycles. The van der Waals surface area contributed by atoms with Crippen molar-refractivity contribution in [2.24, 2.45) is 0 Å². The molecule has 0 bridgehead atoms. The molecule has 3 unspecified atom stereocenters. The van der Waals surface area contributed by atoms with Gasteiger partial charge >= 0.3 is 58.6 Å². The van der Waals surface area contributed by atoms with Crippen molar-refractivity contribution in [1.29, 1.82) is 0 Å². The first-order chi connectivity index (χ1) is 25.1. The molecule has 21 nitrogen and oxygen atoms in total. The van der Waals surface area contributed by atoms with Gasteiger partial charge in [-0.3, -0.25) is 56.0 Å². The van der Waals surface area contributed by atoms with E-state index in [1.165, 1.54) is 0 Å². The van der Waals surface area contributed by atoms with Gasteiger partial charge in [-0.25, -0.2) is 0 Å². The number of esters is 3. The summed E-state index contributed by atoms with van der Waals surface area (Å²) in [5, 5.41) is 27.9. The van der Waals surface area contributed by atoms with E-state index >= 15 is 0 Å². The summed E-state index contributed by atoms with van der Waals surface area (Å²) in [5.41, 5.74) is 0. The number of ether oxygens (including phenoxy) is 3. The lowest BCUT2D eigenvalue weighted by molar-refractivity contribution is -0.238. The highest BCUT2D eigenvalue weighted by Crippen LogP contribution is 2.54.